The van der Waals surface area contributed by atoms with Crippen molar-refractivity contribution >= 4 is 17.5 Å². The van der Waals surface area contributed by atoms with Crippen molar-refractivity contribution in [3.8, 4) is 0 Å². The number of aryl methyl sites for hydroxylation is 1. The summed E-state index contributed by atoms with van der Waals surface area (Å²) >= 11 is 6.20. The summed E-state index contributed by atoms with van der Waals surface area (Å²) in [5, 5.41) is 8.27. The molecular formula is C20H29ClN4O2. The first-order chi connectivity index (χ1) is 12.8. The van der Waals surface area contributed by atoms with Gasteiger partial charge in [-0.15, -0.1) is 0 Å². The van der Waals surface area contributed by atoms with Crippen molar-refractivity contribution in [3.63, 3.8) is 0 Å². The molecule has 0 aromatic carbocycles. The second-order valence-electron chi connectivity index (χ2n) is 7.80. The van der Waals surface area contributed by atoms with Crippen LogP contribution in [-0.2, 0) is 6.54 Å². The van der Waals surface area contributed by atoms with Crippen LogP contribution in [0.2, 0.25) is 5.02 Å². The normalized spacial score (nSPS) is 20.2. The summed E-state index contributed by atoms with van der Waals surface area (Å²) < 4.78 is 7.58. The van der Waals surface area contributed by atoms with Crippen LogP contribution >= 0.6 is 11.6 Å². The van der Waals surface area contributed by atoms with E-state index in [1.807, 2.05) is 19.9 Å². The molecule has 6 nitrogen and oxygen atoms in total. The van der Waals surface area contributed by atoms with Gasteiger partial charge in [-0.05, 0) is 58.8 Å². The van der Waals surface area contributed by atoms with Crippen molar-refractivity contribution in [2.24, 2.45) is 5.92 Å². The summed E-state index contributed by atoms with van der Waals surface area (Å²) in [5.74, 6) is 1.40. The number of halogens is 1. The van der Waals surface area contributed by atoms with Crippen LogP contribution in [0.4, 0.5) is 0 Å². The van der Waals surface area contributed by atoms with Gasteiger partial charge in [0.1, 0.15) is 5.76 Å². The lowest BCUT2D eigenvalue weighted by molar-refractivity contribution is 0.0865. The summed E-state index contributed by atoms with van der Waals surface area (Å²) in [7, 11) is 4.16. The Morgan fingerprint density at radius 2 is 2.07 bits per heavy atom. The largest absolute Gasteiger partial charge is 0.454 e. The van der Waals surface area contributed by atoms with Crippen molar-refractivity contribution in [2.75, 3.05) is 20.6 Å². The van der Waals surface area contributed by atoms with E-state index in [-0.39, 0.29) is 11.9 Å². The summed E-state index contributed by atoms with van der Waals surface area (Å²) in [6.07, 6.45) is 4.59. The Balaban J connectivity index is 1.64. The summed E-state index contributed by atoms with van der Waals surface area (Å²) in [6, 6.07) is 3.77. The zero-order valence-corrected chi connectivity index (χ0v) is 17.3. The van der Waals surface area contributed by atoms with E-state index >= 15 is 0 Å². The lowest BCUT2D eigenvalue weighted by atomic mass is 9.84. The molecule has 3 rings (SSSR count). The number of rotatable bonds is 6. The van der Waals surface area contributed by atoms with Crippen LogP contribution in [-0.4, -0.2) is 47.3 Å². The van der Waals surface area contributed by atoms with Crippen molar-refractivity contribution < 1.29 is 9.21 Å². The fourth-order valence-electron chi connectivity index (χ4n) is 3.89. The van der Waals surface area contributed by atoms with E-state index in [2.05, 4.69) is 29.4 Å². The summed E-state index contributed by atoms with van der Waals surface area (Å²) in [6.45, 7) is 5.25. The van der Waals surface area contributed by atoms with Gasteiger partial charge in [0, 0.05) is 12.6 Å². The average Bonchev–Trinajstić information content (AvgIpc) is 3.18. The third-order valence-electron chi connectivity index (χ3n) is 5.31. The quantitative estimate of drug-likeness (QED) is 0.815. The molecule has 1 amide bonds. The smallest absolute Gasteiger partial charge is 0.287 e. The minimum Gasteiger partial charge on any atom is -0.454 e. The van der Waals surface area contributed by atoms with Gasteiger partial charge in [-0.25, -0.2) is 0 Å². The number of nitrogens with one attached hydrogen (secondary N) is 1. The van der Waals surface area contributed by atoms with Crippen molar-refractivity contribution in [1.29, 1.82) is 0 Å². The summed E-state index contributed by atoms with van der Waals surface area (Å²) in [5.41, 5.74) is 1.69. The van der Waals surface area contributed by atoms with Gasteiger partial charge in [0.25, 0.3) is 5.91 Å². The minimum absolute atomic E-state index is 0.136. The highest BCUT2D eigenvalue weighted by molar-refractivity contribution is 6.31. The number of nitrogens with zero attached hydrogens (tertiary/aromatic N) is 3. The number of hydrogen-bond donors (Lipinski definition) is 1. The maximum Gasteiger partial charge on any atom is 0.287 e. The van der Waals surface area contributed by atoms with Crippen LogP contribution in [0.25, 0.3) is 0 Å². The van der Waals surface area contributed by atoms with Crippen LogP contribution in [0.15, 0.2) is 16.5 Å². The maximum atomic E-state index is 12.7. The molecular weight excluding hydrogens is 364 g/mol. The number of carbonyl (C=O) groups is 1. The fourth-order valence-corrected chi connectivity index (χ4v) is 4.02. The molecule has 1 saturated carbocycles. The zero-order valence-electron chi connectivity index (χ0n) is 16.6. The van der Waals surface area contributed by atoms with Gasteiger partial charge in [0.05, 0.1) is 23.0 Å². The average molecular weight is 393 g/mol. The highest BCUT2D eigenvalue weighted by Crippen LogP contribution is 2.25. The minimum atomic E-state index is -0.136. The van der Waals surface area contributed by atoms with E-state index in [4.69, 9.17) is 16.0 Å². The van der Waals surface area contributed by atoms with Gasteiger partial charge < -0.3 is 14.6 Å². The van der Waals surface area contributed by atoms with E-state index in [0.717, 1.165) is 37.2 Å². The van der Waals surface area contributed by atoms with Crippen LogP contribution in [0, 0.1) is 19.8 Å². The molecule has 0 radical (unpaired) electrons. The first kappa shape index (κ1) is 20.0. The van der Waals surface area contributed by atoms with Crippen LogP contribution in [0.1, 0.15) is 53.4 Å². The molecule has 7 heteroatoms. The Bertz CT molecular complexity index is 796. The predicted octanol–water partition coefficient (Wildman–Crippen LogP) is 3.64. The molecule has 0 spiro atoms. The highest BCUT2D eigenvalue weighted by atomic mass is 35.5. The fraction of sp³-hybridized carbons (Fsp3) is 0.600. The van der Waals surface area contributed by atoms with Gasteiger partial charge >= 0.3 is 0 Å². The van der Waals surface area contributed by atoms with Crippen LogP contribution in [0.3, 0.4) is 0 Å². The Hall–Kier alpha value is -1.79. The molecule has 148 valence electrons. The van der Waals surface area contributed by atoms with Crippen molar-refractivity contribution in [1.82, 2.24) is 20.0 Å². The van der Waals surface area contributed by atoms with Crippen molar-refractivity contribution in [2.45, 2.75) is 52.1 Å². The number of furan rings is 1. The predicted molar refractivity (Wildman–Crippen MR) is 106 cm³/mol. The molecule has 2 atom stereocenters. The van der Waals surface area contributed by atoms with E-state index in [1.54, 1.807) is 10.7 Å². The monoisotopic (exact) mass is 392 g/mol. The molecule has 1 fully saturated rings. The second-order valence-corrected chi connectivity index (χ2v) is 8.17. The second kappa shape index (κ2) is 8.48. The van der Waals surface area contributed by atoms with Crippen LogP contribution in [0.5, 0.6) is 0 Å². The molecule has 1 aliphatic rings. The third-order valence-corrected chi connectivity index (χ3v) is 5.86. The molecule has 0 bridgehead atoms. The van der Waals surface area contributed by atoms with Crippen molar-refractivity contribution in [3.05, 3.63) is 40.1 Å². The third kappa shape index (κ3) is 4.74. The standard InChI is InChI=1S/C20H29ClN4O2/c1-13-19(21)14(2)25(23-13)12-16-9-10-18(27-16)20(26)22-17-8-6-5-7-15(17)11-24(3)4/h9-10,15,17H,5-8,11-12H2,1-4H3,(H,22,26). The molecule has 2 aromatic rings. The first-order valence-electron chi connectivity index (χ1n) is 9.59. The highest BCUT2D eigenvalue weighted by Gasteiger charge is 2.28. The number of carbonyl (C=O) groups excluding carboxylic acids is 1. The summed E-state index contributed by atoms with van der Waals surface area (Å²) in [4.78, 5) is 14.9. The Kier molecular flexibility index (Phi) is 6.27. The molecule has 1 N–H and O–H groups in total. The van der Waals surface area contributed by atoms with Gasteiger partial charge in [-0.1, -0.05) is 24.4 Å². The molecule has 27 heavy (non-hydrogen) atoms. The van der Waals surface area contributed by atoms with Crippen LogP contribution < -0.4 is 5.32 Å². The molecule has 2 heterocycles. The Morgan fingerprint density at radius 1 is 1.33 bits per heavy atom. The number of hydrogen-bond acceptors (Lipinski definition) is 4. The van der Waals surface area contributed by atoms with E-state index in [0.29, 0.717) is 29.0 Å². The van der Waals surface area contributed by atoms with Gasteiger partial charge in [0.15, 0.2) is 5.76 Å². The Morgan fingerprint density at radius 3 is 2.74 bits per heavy atom. The van der Waals surface area contributed by atoms with Gasteiger partial charge in [-0.2, -0.15) is 5.10 Å². The lowest BCUT2D eigenvalue weighted by Crippen LogP contribution is -2.45. The zero-order chi connectivity index (χ0) is 19.6. The van der Waals surface area contributed by atoms with Gasteiger partial charge in [-0.3, -0.25) is 9.48 Å². The van der Waals surface area contributed by atoms with E-state index in [1.165, 1.54) is 6.42 Å². The maximum absolute atomic E-state index is 12.7. The molecule has 0 saturated heterocycles. The Labute approximate surface area is 165 Å². The van der Waals surface area contributed by atoms with E-state index in [9.17, 15) is 4.79 Å². The topological polar surface area (TPSA) is 63.3 Å². The molecule has 0 aliphatic heterocycles. The van der Waals surface area contributed by atoms with Gasteiger partial charge in [0.2, 0.25) is 0 Å². The lowest BCUT2D eigenvalue weighted by Gasteiger charge is -2.33. The molecule has 2 aromatic heterocycles. The SMILES string of the molecule is Cc1nn(Cc2ccc(C(=O)NC3CCCCC3CN(C)C)o2)c(C)c1Cl. The first-order valence-corrected chi connectivity index (χ1v) is 9.96. The van der Waals surface area contributed by atoms with E-state index < -0.39 is 0 Å². The molecule has 1 aliphatic carbocycles. The number of amides is 1. The molecule has 2 unspecified atom stereocenters. The number of aromatic nitrogens is 2.